The van der Waals surface area contributed by atoms with Gasteiger partial charge in [0.05, 0.1) is 24.0 Å². The minimum Gasteiger partial charge on any atom is -0.481 e. The molecule has 0 amide bonds. The van der Waals surface area contributed by atoms with Gasteiger partial charge in [0, 0.05) is 11.8 Å². The van der Waals surface area contributed by atoms with Crippen LogP contribution < -0.4 is 0 Å². The number of hydrogen-bond donors (Lipinski definition) is 3. The Balaban J connectivity index is 1.48. The van der Waals surface area contributed by atoms with Crippen molar-refractivity contribution in [3.63, 3.8) is 0 Å². The van der Waals surface area contributed by atoms with Crippen molar-refractivity contribution in [2.45, 2.75) is 37.9 Å². The van der Waals surface area contributed by atoms with Crippen LogP contribution in [-0.2, 0) is 14.3 Å². The van der Waals surface area contributed by atoms with E-state index in [0.29, 0.717) is 12.2 Å². The van der Waals surface area contributed by atoms with Crippen molar-refractivity contribution in [2.75, 3.05) is 0 Å². The van der Waals surface area contributed by atoms with Gasteiger partial charge in [-0.2, -0.15) is 0 Å². The number of carboxylic acids is 1. The van der Waals surface area contributed by atoms with Crippen molar-refractivity contribution in [3.05, 3.63) is 11.8 Å². The molecule has 4 aliphatic carbocycles. The summed E-state index contributed by atoms with van der Waals surface area (Å²) >= 11 is 0. The van der Waals surface area contributed by atoms with Crippen molar-refractivity contribution in [1.29, 1.82) is 0 Å². The fourth-order valence-corrected chi connectivity index (χ4v) is 5.08. The number of allylic oxidation sites excluding steroid dienone is 1. The highest BCUT2D eigenvalue weighted by molar-refractivity contribution is 5.77. The van der Waals surface area contributed by atoms with E-state index in [1.807, 2.05) is 0 Å². The topological polar surface area (TPSA) is 104 Å². The molecule has 0 aromatic carbocycles. The van der Waals surface area contributed by atoms with Crippen LogP contribution >= 0.6 is 0 Å². The van der Waals surface area contributed by atoms with Crippen LogP contribution in [-0.4, -0.2) is 39.5 Å². The lowest BCUT2D eigenvalue weighted by atomic mass is 9.86. The van der Waals surface area contributed by atoms with E-state index in [0.717, 1.165) is 19.3 Å². The first-order valence-corrected chi connectivity index (χ1v) is 7.99. The number of aliphatic carboxylic acids is 1. The molecule has 6 nitrogen and oxygen atoms in total. The third-order valence-electron chi connectivity index (χ3n) is 6.16. The monoisotopic (exact) mass is 308 g/mol. The normalized spacial score (nSPS) is 48.5. The summed E-state index contributed by atoms with van der Waals surface area (Å²) in [4.78, 5) is 23.7. The van der Waals surface area contributed by atoms with Gasteiger partial charge in [-0.1, -0.05) is 0 Å². The smallest absolute Gasteiger partial charge is 0.316 e. The van der Waals surface area contributed by atoms with Crippen LogP contribution in [0.1, 0.15) is 25.7 Å². The molecule has 4 aliphatic rings. The molecule has 3 fully saturated rings. The van der Waals surface area contributed by atoms with Crippen LogP contribution in [0.25, 0.3) is 0 Å². The van der Waals surface area contributed by atoms with Gasteiger partial charge in [-0.25, -0.2) is 0 Å². The van der Waals surface area contributed by atoms with E-state index in [2.05, 4.69) is 0 Å². The molecule has 3 saturated carbocycles. The van der Waals surface area contributed by atoms with Gasteiger partial charge in [0.25, 0.3) is 0 Å². The Hall–Kier alpha value is -1.40. The molecule has 0 aromatic heterocycles. The van der Waals surface area contributed by atoms with E-state index >= 15 is 0 Å². The summed E-state index contributed by atoms with van der Waals surface area (Å²) in [5.41, 5.74) is 0. The Bertz CT molecular complexity index is 553. The van der Waals surface area contributed by atoms with Gasteiger partial charge in [-0.15, -0.1) is 0 Å². The minimum absolute atomic E-state index is 0.188. The van der Waals surface area contributed by atoms with Gasteiger partial charge < -0.3 is 20.1 Å². The molecule has 0 spiro atoms. The number of fused-ring (bicyclic) bond motifs is 4. The van der Waals surface area contributed by atoms with E-state index in [1.54, 1.807) is 6.08 Å². The Morgan fingerprint density at radius 3 is 2.36 bits per heavy atom. The highest BCUT2D eigenvalue weighted by atomic mass is 16.5. The third-order valence-corrected chi connectivity index (χ3v) is 6.16. The molecule has 0 saturated heterocycles. The molecule has 0 aliphatic heterocycles. The molecule has 120 valence electrons. The molecule has 4 bridgehead atoms. The zero-order valence-corrected chi connectivity index (χ0v) is 12.1. The Morgan fingerprint density at radius 1 is 1.05 bits per heavy atom. The fraction of sp³-hybridized carbons (Fsp3) is 0.750. The van der Waals surface area contributed by atoms with Crippen LogP contribution in [0.4, 0.5) is 0 Å². The van der Waals surface area contributed by atoms with Crippen LogP contribution in [0.15, 0.2) is 11.8 Å². The zero-order valence-electron chi connectivity index (χ0n) is 12.1. The first-order chi connectivity index (χ1) is 10.5. The van der Waals surface area contributed by atoms with Crippen LogP contribution in [0, 0.1) is 35.5 Å². The van der Waals surface area contributed by atoms with Gasteiger partial charge in [-0.05, 0) is 43.6 Å². The molecule has 22 heavy (non-hydrogen) atoms. The molecule has 0 aromatic rings. The number of hydrogen-bond acceptors (Lipinski definition) is 5. The van der Waals surface area contributed by atoms with Gasteiger partial charge in [0.2, 0.25) is 0 Å². The standard InChI is InChI=1S/C16H20O6/c17-13-7-2-1-6(3-7)11(13)16(21)22-10-5-8-4-9(10)12(14(8)18)15(19)20/h5-9,11-14,17-18H,1-4H2,(H,19,20)/t6?,7?,8?,9-,11?,12?,13?,14?/m0/s1. The molecular weight excluding hydrogens is 288 g/mol. The largest absolute Gasteiger partial charge is 0.481 e. The average Bonchev–Trinajstić information content (AvgIpc) is 3.17. The van der Waals surface area contributed by atoms with E-state index in [1.165, 1.54) is 0 Å². The predicted octanol–water partition coefficient (Wildman–Crippen LogP) is 0.532. The Morgan fingerprint density at radius 2 is 1.77 bits per heavy atom. The lowest BCUT2D eigenvalue weighted by Crippen LogP contribution is -2.37. The summed E-state index contributed by atoms with van der Waals surface area (Å²) in [5.74, 6) is -2.79. The van der Waals surface area contributed by atoms with Crippen molar-refractivity contribution in [2.24, 2.45) is 35.5 Å². The predicted molar refractivity (Wildman–Crippen MR) is 73.2 cm³/mol. The van der Waals surface area contributed by atoms with Gasteiger partial charge in [0.1, 0.15) is 5.76 Å². The van der Waals surface area contributed by atoms with E-state index in [-0.39, 0.29) is 17.8 Å². The number of esters is 1. The number of ether oxygens (including phenoxy) is 1. The van der Waals surface area contributed by atoms with Crippen molar-refractivity contribution < 1.29 is 29.6 Å². The third kappa shape index (κ3) is 1.86. The molecule has 4 rings (SSSR count). The SMILES string of the molecule is O=C(OC1=CC2C[C@@H]1C(C(=O)O)C2O)C1C2CCC(C2)C1O. The maximum atomic E-state index is 12.4. The molecular formula is C16H20O6. The second-order valence-electron chi connectivity index (χ2n) is 7.20. The molecule has 8 atom stereocenters. The van der Waals surface area contributed by atoms with Gasteiger partial charge in [-0.3, -0.25) is 9.59 Å². The minimum atomic E-state index is -1.05. The maximum absolute atomic E-state index is 12.4. The number of carbonyl (C=O) groups is 2. The summed E-state index contributed by atoms with van der Waals surface area (Å²) in [6.45, 7) is 0. The lowest BCUT2D eigenvalue weighted by molar-refractivity contribution is -0.155. The summed E-state index contributed by atoms with van der Waals surface area (Å²) in [5, 5.41) is 29.3. The molecule has 3 N–H and O–H groups in total. The number of aliphatic hydroxyl groups is 2. The quantitative estimate of drug-likeness (QED) is 0.657. The molecule has 7 unspecified atom stereocenters. The average molecular weight is 308 g/mol. The van der Waals surface area contributed by atoms with E-state index in [9.17, 15) is 24.9 Å². The Kier molecular flexibility index (Phi) is 3.10. The van der Waals surface area contributed by atoms with Crippen molar-refractivity contribution in [1.82, 2.24) is 0 Å². The second-order valence-corrected chi connectivity index (χ2v) is 7.20. The highest BCUT2D eigenvalue weighted by Gasteiger charge is 2.55. The van der Waals surface area contributed by atoms with Crippen LogP contribution in [0.5, 0.6) is 0 Å². The van der Waals surface area contributed by atoms with Crippen LogP contribution in [0.3, 0.4) is 0 Å². The van der Waals surface area contributed by atoms with E-state index in [4.69, 9.17) is 4.74 Å². The second kappa shape index (κ2) is 4.80. The maximum Gasteiger partial charge on any atom is 0.316 e. The molecule has 0 radical (unpaired) electrons. The fourth-order valence-electron chi connectivity index (χ4n) is 5.08. The van der Waals surface area contributed by atoms with Gasteiger partial charge in [0.15, 0.2) is 0 Å². The number of carbonyl (C=O) groups excluding carboxylic acids is 1. The van der Waals surface area contributed by atoms with Crippen molar-refractivity contribution >= 4 is 11.9 Å². The molecule has 0 heterocycles. The summed E-state index contributed by atoms with van der Waals surface area (Å²) in [6.07, 6.45) is 3.46. The Labute approximate surface area is 127 Å². The first kappa shape index (κ1) is 14.2. The summed E-state index contributed by atoms with van der Waals surface area (Å²) in [6, 6.07) is 0. The highest BCUT2D eigenvalue weighted by Crippen LogP contribution is 2.51. The summed E-state index contributed by atoms with van der Waals surface area (Å²) < 4.78 is 5.47. The van der Waals surface area contributed by atoms with Crippen LogP contribution in [0.2, 0.25) is 0 Å². The number of aliphatic hydroxyl groups excluding tert-OH is 2. The van der Waals surface area contributed by atoms with Gasteiger partial charge >= 0.3 is 11.9 Å². The zero-order chi connectivity index (χ0) is 15.6. The molecule has 6 heteroatoms. The lowest BCUT2D eigenvalue weighted by Gasteiger charge is -2.28. The number of carboxylic acid groups (broad SMARTS) is 1. The first-order valence-electron chi connectivity index (χ1n) is 7.99. The summed E-state index contributed by atoms with van der Waals surface area (Å²) in [7, 11) is 0. The van der Waals surface area contributed by atoms with E-state index < -0.39 is 41.9 Å². The van der Waals surface area contributed by atoms with Crippen molar-refractivity contribution in [3.8, 4) is 0 Å². The number of rotatable bonds is 3.